The van der Waals surface area contributed by atoms with E-state index in [2.05, 4.69) is 5.32 Å². The van der Waals surface area contributed by atoms with Crippen molar-refractivity contribution in [3.8, 4) is 5.75 Å². The van der Waals surface area contributed by atoms with Crippen molar-refractivity contribution in [2.24, 2.45) is 0 Å². The number of para-hydroxylation sites is 3. The Morgan fingerprint density at radius 2 is 1.59 bits per heavy atom. The van der Waals surface area contributed by atoms with Gasteiger partial charge in [0.25, 0.3) is 15.9 Å². The Bertz CT molecular complexity index is 1290. The second-order valence-corrected chi connectivity index (χ2v) is 9.15. The molecule has 3 rings (SSSR count). The number of hydrogen-bond acceptors (Lipinski definition) is 6. The molecule has 1 amide bonds. The lowest BCUT2D eigenvalue weighted by Crippen LogP contribution is -2.30. The number of esters is 1. The van der Waals surface area contributed by atoms with Crippen molar-refractivity contribution in [3.05, 3.63) is 84.2 Å². The number of carbonyl (C=O) groups is 2. The van der Waals surface area contributed by atoms with Crippen molar-refractivity contribution in [3.63, 3.8) is 0 Å². The van der Waals surface area contributed by atoms with Crippen molar-refractivity contribution in [2.45, 2.75) is 17.9 Å². The molecule has 10 heteroatoms. The molecule has 0 heterocycles. The third kappa shape index (κ3) is 5.34. The Hall–Kier alpha value is -3.92. The number of methoxy groups -OCH3 is 1. The van der Waals surface area contributed by atoms with Crippen LogP contribution in [0.3, 0.4) is 0 Å². The molecule has 0 bridgehead atoms. The summed E-state index contributed by atoms with van der Waals surface area (Å²) in [5.41, 5.74) is 0.358. The highest BCUT2D eigenvalue weighted by Crippen LogP contribution is 2.30. The molecule has 0 fully saturated rings. The van der Waals surface area contributed by atoms with Crippen LogP contribution >= 0.6 is 0 Å². The molecule has 0 saturated carbocycles. The summed E-state index contributed by atoms with van der Waals surface area (Å²) in [6, 6.07) is 17.4. The van der Waals surface area contributed by atoms with Crippen molar-refractivity contribution in [1.82, 2.24) is 0 Å². The molecule has 0 saturated heterocycles. The number of hydrogen-bond donors (Lipinski definition) is 1. The van der Waals surface area contributed by atoms with Gasteiger partial charge in [0, 0.05) is 7.05 Å². The number of sulfonamides is 1. The minimum absolute atomic E-state index is 0.0378. The number of nitrogens with zero attached hydrogens (tertiary/aromatic N) is 1. The number of carbonyl (C=O) groups excluding carboxylic acids is 2. The van der Waals surface area contributed by atoms with E-state index >= 15 is 0 Å². The van der Waals surface area contributed by atoms with Crippen LogP contribution in [0.4, 0.5) is 15.8 Å². The quantitative estimate of drug-likeness (QED) is 0.486. The van der Waals surface area contributed by atoms with Gasteiger partial charge < -0.3 is 14.8 Å². The maximum atomic E-state index is 13.7. The summed E-state index contributed by atoms with van der Waals surface area (Å²) in [7, 11) is -1.10. The van der Waals surface area contributed by atoms with Gasteiger partial charge in [-0.1, -0.05) is 24.3 Å². The van der Waals surface area contributed by atoms with Gasteiger partial charge in [-0.05, 0) is 55.5 Å². The minimum atomic E-state index is -3.94. The molecule has 8 nitrogen and oxygen atoms in total. The predicted molar refractivity (Wildman–Crippen MR) is 125 cm³/mol. The Morgan fingerprint density at radius 3 is 2.24 bits per heavy atom. The summed E-state index contributed by atoms with van der Waals surface area (Å²) in [5, 5.41) is 2.35. The monoisotopic (exact) mass is 486 g/mol. The van der Waals surface area contributed by atoms with Gasteiger partial charge in [0.2, 0.25) is 0 Å². The first-order valence-electron chi connectivity index (χ1n) is 10.1. The number of ether oxygens (including phenoxy) is 2. The lowest BCUT2D eigenvalue weighted by Gasteiger charge is -2.21. The highest BCUT2D eigenvalue weighted by molar-refractivity contribution is 7.92. The molecule has 178 valence electrons. The van der Waals surface area contributed by atoms with Gasteiger partial charge in [-0.25, -0.2) is 17.6 Å². The predicted octanol–water partition coefficient (Wildman–Crippen LogP) is 3.84. The van der Waals surface area contributed by atoms with E-state index in [1.165, 1.54) is 63.5 Å². The molecule has 1 atom stereocenters. The Balaban J connectivity index is 1.70. The van der Waals surface area contributed by atoms with Gasteiger partial charge in [-0.15, -0.1) is 0 Å². The number of anilines is 2. The molecule has 0 unspecified atom stereocenters. The smallest absolute Gasteiger partial charge is 0.338 e. The fourth-order valence-corrected chi connectivity index (χ4v) is 4.23. The fraction of sp³-hybridized carbons (Fsp3) is 0.167. The fourth-order valence-electron chi connectivity index (χ4n) is 3.02. The molecule has 0 aromatic heterocycles. The largest absolute Gasteiger partial charge is 0.495 e. The maximum Gasteiger partial charge on any atom is 0.338 e. The molecule has 0 spiro atoms. The first-order valence-corrected chi connectivity index (χ1v) is 11.6. The summed E-state index contributed by atoms with van der Waals surface area (Å²) in [6.45, 7) is 1.34. The van der Waals surface area contributed by atoms with E-state index in [9.17, 15) is 22.4 Å². The molecule has 0 aliphatic rings. The molecule has 0 aliphatic carbocycles. The Labute approximate surface area is 197 Å². The number of nitrogens with one attached hydrogen (secondary N) is 1. The van der Waals surface area contributed by atoms with Crippen LogP contribution in [0.15, 0.2) is 77.7 Å². The molecule has 34 heavy (non-hydrogen) atoms. The van der Waals surface area contributed by atoms with Crippen molar-refractivity contribution < 1.29 is 31.9 Å². The first-order chi connectivity index (χ1) is 16.1. The van der Waals surface area contributed by atoms with Gasteiger partial charge in [0.05, 0.1) is 28.9 Å². The molecule has 1 N–H and O–H groups in total. The van der Waals surface area contributed by atoms with E-state index in [4.69, 9.17) is 9.47 Å². The number of amides is 1. The zero-order valence-electron chi connectivity index (χ0n) is 18.7. The standard InChI is InChI=1S/C24H23FN2O6S/c1-16(23(28)26-20-9-5-4-8-19(20)25)33-24(29)17-12-14-18(15-13-17)34(30,31)27(2)21-10-6-7-11-22(21)32-3/h4-16H,1-3H3,(H,26,28)/t16-/m0/s1. The topological polar surface area (TPSA) is 102 Å². The lowest BCUT2D eigenvalue weighted by atomic mass is 10.2. The Morgan fingerprint density at radius 1 is 0.971 bits per heavy atom. The van der Waals surface area contributed by atoms with Crippen LogP contribution in [0.25, 0.3) is 0 Å². The number of rotatable bonds is 8. The van der Waals surface area contributed by atoms with E-state index < -0.39 is 33.8 Å². The van der Waals surface area contributed by atoms with Crippen molar-refractivity contribution >= 4 is 33.3 Å². The average Bonchev–Trinajstić information content (AvgIpc) is 2.84. The summed E-state index contributed by atoms with van der Waals surface area (Å²) < 4.78 is 51.2. The van der Waals surface area contributed by atoms with E-state index in [0.717, 1.165) is 4.31 Å². The molecule has 0 aliphatic heterocycles. The highest BCUT2D eigenvalue weighted by atomic mass is 32.2. The van der Waals surface area contributed by atoms with Crippen molar-refractivity contribution in [1.29, 1.82) is 0 Å². The van der Waals surface area contributed by atoms with Crippen LogP contribution < -0.4 is 14.4 Å². The molecular formula is C24H23FN2O6S. The van der Waals surface area contributed by atoms with Crippen molar-refractivity contribution in [2.75, 3.05) is 23.8 Å². The van der Waals surface area contributed by atoms with E-state index in [1.807, 2.05) is 0 Å². The SMILES string of the molecule is COc1ccccc1N(C)S(=O)(=O)c1ccc(C(=O)O[C@@H](C)C(=O)Nc2ccccc2F)cc1. The number of benzene rings is 3. The van der Waals surface area contributed by atoms with Crippen LogP contribution in [-0.4, -0.2) is 40.6 Å². The van der Waals surface area contributed by atoms with Crippen LogP contribution in [0.1, 0.15) is 17.3 Å². The summed E-state index contributed by atoms with van der Waals surface area (Å²) in [4.78, 5) is 24.6. The van der Waals surface area contributed by atoms with Gasteiger partial charge in [0.15, 0.2) is 6.10 Å². The van der Waals surface area contributed by atoms with E-state index in [0.29, 0.717) is 11.4 Å². The molecular weight excluding hydrogens is 463 g/mol. The number of halogens is 1. The third-order valence-electron chi connectivity index (χ3n) is 4.96. The van der Waals surface area contributed by atoms with Gasteiger partial charge in [0.1, 0.15) is 11.6 Å². The molecule has 3 aromatic carbocycles. The second-order valence-electron chi connectivity index (χ2n) is 7.19. The first kappa shape index (κ1) is 24.7. The van der Waals surface area contributed by atoms with Gasteiger partial charge >= 0.3 is 5.97 Å². The highest BCUT2D eigenvalue weighted by Gasteiger charge is 2.25. The van der Waals surface area contributed by atoms with Crippen LogP contribution in [-0.2, 0) is 19.6 Å². The zero-order valence-corrected chi connectivity index (χ0v) is 19.5. The lowest BCUT2D eigenvalue weighted by molar-refractivity contribution is -0.123. The molecule has 0 radical (unpaired) electrons. The zero-order chi connectivity index (χ0) is 24.9. The van der Waals surface area contributed by atoms with Gasteiger partial charge in [-0.2, -0.15) is 0 Å². The molecule has 3 aromatic rings. The summed E-state index contributed by atoms with van der Waals surface area (Å²) in [5.74, 6) is -1.78. The van der Waals surface area contributed by atoms with Crippen LogP contribution in [0.2, 0.25) is 0 Å². The van der Waals surface area contributed by atoms with Crippen LogP contribution in [0, 0.1) is 5.82 Å². The Kier molecular flexibility index (Phi) is 7.52. The van der Waals surface area contributed by atoms with E-state index in [-0.39, 0.29) is 16.1 Å². The van der Waals surface area contributed by atoms with Crippen LogP contribution in [0.5, 0.6) is 5.75 Å². The second kappa shape index (κ2) is 10.3. The minimum Gasteiger partial charge on any atom is -0.495 e. The average molecular weight is 487 g/mol. The maximum absolute atomic E-state index is 13.7. The van der Waals surface area contributed by atoms with Gasteiger partial charge in [-0.3, -0.25) is 9.10 Å². The third-order valence-corrected chi connectivity index (χ3v) is 6.74. The summed E-state index contributed by atoms with van der Waals surface area (Å²) in [6.07, 6.45) is -1.22. The normalized spacial score (nSPS) is 11.9. The van der Waals surface area contributed by atoms with E-state index in [1.54, 1.807) is 30.3 Å². The summed E-state index contributed by atoms with van der Waals surface area (Å²) >= 11 is 0.